The first kappa shape index (κ1) is 14.2. The summed E-state index contributed by atoms with van der Waals surface area (Å²) in [6.45, 7) is 3.98. The lowest BCUT2D eigenvalue weighted by Gasteiger charge is -2.09. The molecular formula is C14H19N5O. The minimum absolute atomic E-state index is 0.613. The fourth-order valence-corrected chi connectivity index (χ4v) is 1.70. The molecular weight excluding hydrogens is 254 g/mol. The third-order valence-electron chi connectivity index (χ3n) is 2.67. The Balaban J connectivity index is 1.97. The Labute approximate surface area is 118 Å². The zero-order valence-electron chi connectivity index (χ0n) is 11.8. The van der Waals surface area contributed by atoms with E-state index >= 15 is 0 Å². The monoisotopic (exact) mass is 273 g/mol. The van der Waals surface area contributed by atoms with Gasteiger partial charge >= 0.3 is 0 Å². The van der Waals surface area contributed by atoms with Gasteiger partial charge in [0, 0.05) is 44.4 Å². The summed E-state index contributed by atoms with van der Waals surface area (Å²) in [6, 6.07) is 5.83. The van der Waals surface area contributed by atoms with E-state index in [1.54, 1.807) is 19.5 Å². The average molecular weight is 273 g/mol. The molecule has 6 heteroatoms. The van der Waals surface area contributed by atoms with Crippen molar-refractivity contribution in [3.63, 3.8) is 0 Å². The highest BCUT2D eigenvalue weighted by Crippen LogP contribution is 2.10. The van der Waals surface area contributed by atoms with Crippen LogP contribution in [0.15, 0.2) is 30.6 Å². The summed E-state index contributed by atoms with van der Waals surface area (Å²) in [5.41, 5.74) is 2.05. The number of pyridine rings is 1. The number of nitrogens with one attached hydrogen (secondary N) is 2. The maximum absolute atomic E-state index is 5.00. The fraction of sp³-hybridized carbons (Fsp3) is 0.357. The van der Waals surface area contributed by atoms with Crippen molar-refractivity contribution >= 4 is 11.8 Å². The number of aromatic nitrogens is 3. The highest BCUT2D eigenvalue weighted by atomic mass is 16.5. The van der Waals surface area contributed by atoms with E-state index in [1.807, 2.05) is 25.1 Å². The van der Waals surface area contributed by atoms with E-state index < -0.39 is 0 Å². The van der Waals surface area contributed by atoms with E-state index in [9.17, 15) is 0 Å². The van der Waals surface area contributed by atoms with E-state index in [0.29, 0.717) is 19.1 Å². The van der Waals surface area contributed by atoms with Gasteiger partial charge in [-0.2, -0.15) is 4.98 Å². The van der Waals surface area contributed by atoms with E-state index in [0.717, 1.165) is 23.6 Å². The number of methoxy groups -OCH3 is 1. The summed E-state index contributed by atoms with van der Waals surface area (Å²) < 4.78 is 5.00. The first-order valence-electron chi connectivity index (χ1n) is 6.49. The molecule has 0 aliphatic carbocycles. The lowest BCUT2D eigenvalue weighted by Crippen LogP contribution is -2.11. The van der Waals surface area contributed by atoms with E-state index in [1.165, 1.54) is 0 Å². The second kappa shape index (κ2) is 7.40. The van der Waals surface area contributed by atoms with Crippen molar-refractivity contribution in [2.75, 3.05) is 30.9 Å². The number of rotatable bonds is 7. The molecule has 0 saturated carbocycles. The summed E-state index contributed by atoms with van der Waals surface area (Å²) in [7, 11) is 1.68. The molecule has 0 aliphatic heterocycles. The number of hydrogen-bond acceptors (Lipinski definition) is 6. The smallest absolute Gasteiger partial charge is 0.225 e. The zero-order chi connectivity index (χ0) is 14.2. The van der Waals surface area contributed by atoms with Crippen LogP contribution >= 0.6 is 0 Å². The minimum atomic E-state index is 0.613. The largest absolute Gasteiger partial charge is 0.383 e. The van der Waals surface area contributed by atoms with Crippen molar-refractivity contribution in [2.45, 2.75) is 13.5 Å². The molecule has 2 heterocycles. The van der Waals surface area contributed by atoms with Crippen LogP contribution in [0.1, 0.15) is 11.3 Å². The molecule has 0 aromatic carbocycles. The Kier molecular flexibility index (Phi) is 5.25. The molecule has 20 heavy (non-hydrogen) atoms. The SMILES string of the molecule is COCCNc1cc(C)nc(NCc2ccncc2)n1. The van der Waals surface area contributed by atoms with Crippen LogP contribution in [0.2, 0.25) is 0 Å². The quantitative estimate of drug-likeness (QED) is 0.750. The van der Waals surface area contributed by atoms with Crippen LogP contribution in [0.5, 0.6) is 0 Å². The summed E-state index contributed by atoms with van der Waals surface area (Å²) in [4.78, 5) is 12.8. The van der Waals surface area contributed by atoms with Gasteiger partial charge < -0.3 is 15.4 Å². The fourth-order valence-electron chi connectivity index (χ4n) is 1.70. The third kappa shape index (κ3) is 4.47. The minimum Gasteiger partial charge on any atom is -0.383 e. The van der Waals surface area contributed by atoms with E-state index in [2.05, 4.69) is 25.6 Å². The van der Waals surface area contributed by atoms with Crippen LogP contribution in [0.25, 0.3) is 0 Å². The summed E-state index contributed by atoms with van der Waals surface area (Å²) in [5, 5.41) is 6.41. The standard InChI is InChI=1S/C14H19N5O/c1-11-9-13(16-7-8-20-2)19-14(18-11)17-10-12-3-5-15-6-4-12/h3-6,9H,7-8,10H2,1-2H3,(H2,16,17,18,19). The number of aryl methyl sites for hydroxylation is 1. The van der Waals surface area contributed by atoms with Gasteiger partial charge in [-0.25, -0.2) is 4.98 Å². The highest BCUT2D eigenvalue weighted by molar-refractivity contribution is 5.42. The second-order valence-corrected chi connectivity index (χ2v) is 4.35. The van der Waals surface area contributed by atoms with Gasteiger partial charge in [0.05, 0.1) is 6.61 Å². The molecule has 0 bridgehead atoms. The average Bonchev–Trinajstić information content (AvgIpc) is 2.46. The molecule has 0 fully saturated rings. The van der Waals surface area contributed by atoms with Gasteiger partial charge in [0.25, 0.3) is 0 Å². The molecule has 106 valence electrons. The van der Waals surface area contributed by atoms with Crippen molar-refractivity contribution in [2.24, 2.45) is 0 Å². The Hall–Kier alpha value is -2.21. The normalized spacial score (nSPS) is 10.3. The molecule has 0 spiro atoms. The van der Waals surface area contributed by atoms with Crippen molar-refractivity contribution < 1.29 is 4.74 Å². The molecule has 2 rings (SSSR count). The van der Waals surface area contributed by atoms with Gasteiger partial charge in [0.1, 0.15) is 5.82 Å². The molecule has 0 unspecified atom stereocenters. The van der Waals surface area contributed by atoms with Crippen molar-refractivity contribution in [1.29, 1.82) is 0 Å². The second-order valence-electron chi connectivity index (χ2n) is 4.35. The molecule has 0 saturated heterocycles. The first-order valence-corrected chi connectivity index (χ1v) is 6.49. The predicted molar refractivity (Wildman–Crippen MR) is 78.7 cm³/mol. The van der Waals surface area contributed by atoms with Crippen LogP contribution in [0.3, 0.4) is 0 Å². The Morgan fingerprint density at radius 3 is 2.70 bits per heavy atom. The van der Waals surface area contributed by atoms with Crippen molar-refractivity contribution in [1.82, 2.24) is 15.0 Å². The Morgan fingerprint density at radius 1 is 1.15 bits per heavy atom. The molecule has 0 radical (unpaired) electrons. The van der Waals surface area contributed by atoms with Crippen molar-refractivity contribution in [3.8, 4) is 0 Å². The van der Waals surface area contributed by atoms with E-state index in [4.69, 9.17) is 4.74 Å². The van der Waals surface area contributed by atoms with Gasteiger partial charge in [-0.05, 0) is 24.6 Å². The summed E-state index contributed by atoms with van der Waals surface area (Å²) in [5.74, 6) is 1.41. The van der Waals surface area contributed by atoms with Gasteiger partial charge in [0.2, 0.25) is 5.95 Å². The molecule has 0 amide bonds. The highest BCUT2D eigenvalue weighted by Gasteiger charge is 2.02. The zero-order valence-corrected chi connectivity index (χ0v) is 11.8. The molecule has 0 aliphatic rings. The van der Waals surface area contributed by atoms with Crippen molar-refractivity contribution in [3.05, 3.63) is 41.9 Å². The lowest BCUT2D eigenvalue weighted by atomic mass is 10.3. The molecule has 2 aromatic rings. The van der Waals surface area contributed by atoms with Gasteiger partial charge in [-0.1, -0.05) is 0 Å². The Morgan fingerprint density at radius 2 is 1.95 bits per heavy atom. The van der Waals surface area contributed by atoms with Crippen LogP contribution in [0.4, 0.5) is 11.8 Å². The van der Waals surface area contributed by atoms with Gasteiger partial charge in [-0.15, -0.1) is 0 Å². The molecule has 2 N–H and O–H groups in total. The molecule has 0 atom stereocenters. The van der Waals surface area contributed by atoms with Crippen LogP contribution in [-0.4, -0.2) is 35.2 Å². The Bertz CT molecular complexity index is 532. The van der Waals surface area contributed by atoms with Gasteiger partial charge in [-0.3, -0.25) is 4.98 Å². The number of anilines is 2. The maximum atomic E-state index is 5.00. The first-order chi connectivity index (χ1) is 9.78. The van der Waals surface area contributed by atoms with Gasteiger partial charge in [0.15, 0.2) is 0 Å². The van der Waals surface area contributed by atoms with Crippen LogP contribution < -0.4 is 10.6 Å². The van der Waals surface area contributed by atoms with Crippen LogP contribution in [-0.2, 0) is 11.3 Å². The summed E-state index contributed by atoms with van der Waals surface area (Å²) >= 11 is 0. The third-order valence-corrected chi connectivity index (χ3v) is 2.67. The predicted octanol–water partition coefficient (Wildman–Crippen LogP) is 1.85. The topological polar surface area (TPSA) is 72.0 Å². The lowest BCUT2D eigenvalue weighted by molar-refractivity contribution is 0.210. The number of hydrogen-bond donors (Lipinski definition) is 2. The van der Waals surface area contributed by atoms with E-state index in [-0.39, 0.29) is 0 Å². The number of ether oxygens (including phenoxy) is 1. The molecule has 6 nitrogen and oxygen atoms in total. The van der Waals surface area contributed by atoms with Crippen LogP contribution in [0, 0.1) is 6.92 Å². The number of nitrogens with zero attached hydrogens (tertiary/aromatic N) is 3. The molecule has 2 aromatic heterocycles. The maximum Gasteiger partial charge on any atom is 0.225 e. The summed E-state index contributed by atoms with van der Waals surface area (Å²) in [6.07, 6.45) is 3.54.